The third kappa shape index (κ3) is 4.08. The van der Waals surface area contributed by atoms with E-state index in [9.17, 15) is 9.59 Å². The van der Waals surface area contributed by atoms with Crippen LogP contribution in [0.1, 0.15) is 16.1 Å². The van der Waals surface area contributed by atoms with Crippen molar-refractivity contribution in [1.29, 1.82) is 0 Å². The van der Waals surface area contributed by atoms with E-state index in [0.717, 1.165) is 0 Å². The van der Waals surface area contributed by atoms with Gasteiger partial charge < -0.3 is 19.3 Å². The lowest BCUT2D eigenvalue weighted by atomic mass is 10.2. The highest BCUT2D eigenvalue weighted by Crippen LogP contribution is 2.23. The molecule has 0 aliphatic rings. The van der Waals surface area contributed by atoms with E-state index in [1.807, 2.05) is 0 Å². The number of nitrogens with one attached hydrogen (secondary N) is 1. The van der Waals surface area contributed by atoms with E-state index in [-0.39, 0.29) is 11.4 Å². The third-order valence-corrected chi connectivity index (χ3v) is 3.31. The van der Waals surface area contributed by atoms with E-state index in [4.69, 9.17) is 14.0 Å². The van der Waals surface area contributed by atoms with Crippen LogP contribution < -0.4 is 10.1 Å². The minimum Gasteiger partial charge on any atom is -0.497 e. The number of methoxy groups -OCH3 is 1. The van der Waals surface area contributed by atoms with Crippen molar-refractivity contribution in [3.8, 4) is 5.75 Å². The van der Waals surface area contributed by atoms with Crippen LogP contribution in [0, 0.1) is 6.92 Å². The Morgan fingerprint density at radius 1 is 1.36 bits per heavy atom. The molecule has 2 aromatic rings. The predicted molar refractivity (Wildman–Crippen MR) is 80.8 cm³/mol. The molecule has 0 fully saturated rings. The SMILES string of the molecule is COc1ccc(Br)c(C(=O)OCC(=O)Nc2cc(C)on2)c1. The van der Waals surface area contributed by atoms with Crippen LogP contribution in [0.3, 0.4) is 0 Å². The second-order valence-corrected chi connectivity index (χ2v) is 5.15. The van der Waals surface area contributed by atoms with Gasteiger partial charge in [-0.05, 0) is 41.1 Å². The molecule has 7 nitrogen and oxygen atoms in total. The Hall–Kier alpha value is -2.35. The van der Waals surface area contributed by atoms with E-state index in [1.165, 1.54) is 13.2 Å². The minimum atomic E-state index is -0.641. The zero-order valence-electron chi connectivity index (χ0n) is 11.9. The maximum absolute atomic E-state index is 12.0. The maximum Gasteiger partial charge on any atom is 0.339 e. The van der Waals surface area contributed by atoms with E-state index < -0.39 is 18.5 Å². The molecule has 0 aliphatic carbocycles. The zero-order valence-corrected chi connectivity index (χ0v) is 13.5. The van der Waals surface area contributed by atoms with Gasteiger partial charge in [-0.3, -0.25) is 4.79 Å². The zero-order chi connectivity index (χ0) is 16.1. The molecule has 0 saturated heterocycles. The Balaban J connectivity index is 1.93. The Morgan fingerprint density at radius 3 is 2.77 bits per heavy atom. The fourth-order valence-electron chi connectivity index (χ4n) is 1.60. The number of rotatable bonds is 5. The first-order chi connectivity index (χ1) is 10.5. The summed E-state index contributed by atoms with van der Waals surface area (Å²) < 4.78 is 15.4. The molecule has 1 amide bonds. The molecule has 0 bridgehead atoms. The number of anilines is 1. The average molecular weight is 369 g/mol. The number of ether oxygens (including phenoxy) is 2. The van der Waals surface area contributed by atoms with Crippen LogP contribution in [0.2, 0.25) is 0 Å². The number of aromatic nitrogens is 1. The summed E-state index contributed by atoms with van der Waals surface area (Å²) in [7, 11) is 1.49. The third-order valence-electron chi connectivity index (χ3n) is 2.62. The number of amides is 1. The number of hydrogen-bond donors (Lipinski definition) is 1. The average Bonchev–Trinajstić information content (AvgIpc) is 2.90. The summed E-state index contributed by atoms with van der Waals surface area (Å²) in [5.41, 5.74) is 0.268. The summed E-state index contributed by atoms with van der Waals surface area (Å²) in [6, 6.07) is 6.43. The fourth-order valence-corrected chi connectivity index (χ4v) is 2.01. The monoisotopic (exact) mass is 368 g/mol. The van der Waals surface area contributed by atoms with Crippen LogP contribution in [0.25, 0.3) is 0 Å². The van der Waals surface area contributed by atoms with E-state index in [1.54, 1.807) is 25.1 Å². The molecule has 116 valence electrons. The smallest absolute Gasteiger partial charge is 0.339 e. The Morgan fingerprint density at radius 2 is 2.14 bits per heavy atom. The van der Waals surface area contributed by atoms with Crippen molar-refractivity contribution in [3.63, 3.8) is 0 Å². The van der Waals surface area contributed by atoms with Crippen molar-refractivity contribution in [2.45, 2.75) is 6.92 Å². The lowest BCUT2D eigenvalue weighted by molar-refractivity contribution is -0.119. The summed E-state index contributed by atoms with van der Waals surface area (Å²) in [6.07, 6.45) is 0. The van der Waals surface area contributed by atoms with E-state index in [2.05, 4.69) is 26.4 Å². The molecule has 0 atom stereocenters. The largest absolute Gasteiger partial charge is 0.497 e. The first kappa shape index (κ1) is 16.0. The quantitative estimate of drug-likeness (QED) is 0.815. The van der Waals surface area contributed by atoms with Crippen molar-refractivity contribution in [2.24, 2.45) is 0 Å². The molecule has 0 spiro atoms. The van der Waals surface area contributed by atoms with Gasteiger partial charge in [0.1, 0.15) is 11.5 Å². The van der Waals surface area contributed by atoms with Crippen molar-refractivity contribution in [1.82, 2.24) is 5.16 Å². The topological polar surface area (TPSA) is 90.7 Å². The predicted octanol–water partition coefficient (Wildman–Crippen LogP) is 2.55. The van der Waals surface area contributed by atoms with Crippen molar-refractivity contribution < 1.29 is 23.6 Å². The number of esters is 1. The summed E-state index contributed by atoms with van der Waals surface area (Å²) in [5.74, 6) is 0.185. The number of benzene rings is 1. The first-order valence-corrected chi connectivity index (χ1v) is 7.02. The molecule has 1 aromatic heterocycles. The molecule has 2 rings (SSSR count). The van der Waals surface area contributed by atoms with Gasteiger partial charge in [0, 0.05) is 10.5 Å². The Labute approximate surface area is 134 Å². The minimum absolute atomic E-state index is 0.265. The van der Waals surface area contributed by atoms with Gasteiger partial charge in [-0.15, -0.1) is 0 Å². The van der Waals surface area contributed by atoms with Gasteiger partial charge >= 0.3 is 5.97 Å². The van der Waals surface area contributed by atoms with Crippen molar-refractivity contribution >= 4 is 33.6 Å². The van der Waals surface area contributed by atoms with Crippen LogP contribution in [-0.2, 0) is 9.53 Å². The van der Waals surface area contributed by atoms with Gasteiger partial charge in [-0.1, -0.05) is 5.16 Å². The number of halogens is 1. The number of hydrogen-bond acceptors (Lipinski definition) is 6. The van der Waals surface area contributed by atoms with Crippen molar-refractivity contribution in [2.75, 3.05) is 19.0 Å². The second-order valence-electron chi connectivity index (χ2n) is 4.29. The van der Waals surface area contributed by atoms with Crippen LogP contribution in [0.4, 0.5) is 5.82 Å². The van der Waals surface area contributed by atoms with Gasteiger partial charge in [0.15, 0.2) is 12.4 Å². The normalized spacial score (nSPS) is 10.1. The van der Waals surface area contributed by atoms with Crippen LogP contribution in [0.15, 0.2) is 33.3 Å². The van der Waals surface area contributed by atoms with Gasteiger partial charge in [0.25, 0.3) is 5.91 Å². The summed E-state index contributed by atoms with van der Waals surface area (Å²) in [5, 5.41) is 6.06. The van der Waals surface area contributed by atoms with Gasteiger partial charge in [0.2, 0.25) is 0 Å². The lowest BCUT2D eigenvalue weighted by Crippen LogP contribution is -2.21. The van der Waals surface area contributed by atoms with Crippen molar-refractivity contribution in [3.05, 3.63) is 40.1 Å². The molecular weight excluding hydrogens is 356 g/mol. The molecule has 0 aliphatic heterocycles. The number of aryl methyl sites for hydroxylation is 1. The molecule has 22 heavy (non-hydrogen) atoms. The molecule has 0 saturated carbocycles. The summed E-state index contributed by atoms with van der Waals surface area (Å²) in [4.78, 5) is 23.6. The fraction of sp³-hybridized carbons (Fsp3) is 0.214. The maximum atomic E-state index is 12.0. The second kappa shape index (κ2) is 7.08. The van der Waals surface area contributed by atoms with Crippen LogP contribution in [0.5, 0.6) is 5.75 Å². The highest BCUT2D eigenvalue weighted by Gasteiger charge is 2.15. The standard InChI is InChI=1S/C14H13BrN2O5/c1-8-5-12(17-22-8)16-13(18)7-21-14(19)10-6-9(20-2)3-4-11(10)15/h3-6H,7H2,1-2H3,(H,16,17,18). The lowest BCUT2D eigenvalue weighted by Gasteiger charge is -2.07. The molecule has 1 heterocycles. The summed E-state index contributed by atoms with van der Waals surface area (Å²) in [6.45, 7) is 1.26. The molecule has 0 radical (unpaired) electrons. The highest BCUT2D eigenvalue weighted by atomic mass is 79.9. The number of carbonyl (C=O) groups excluding carboxylic acids is 2. The Bertz CT molecular complexity index is 698. The first-order valence-electron chi connectivity index (χ1n) is 6.23. The van der Waals surface area contributed by atoms with Gasteiger partial charge in [0.05, 0.1) is 12.7 Å². The summed E-state index contributed by atoms with van der Waals surface area (Å²) >= 11 is 3.24. The van der Waals surface area contributed by atoms with Gasteiger partial charge in [-0.2, -0.15) is 0 Å². The van der Waals surface area contributed by atoms with Gasteiger partial charge in [-0.25, -0.2) is 4.79 Å². The Kier molecular flexibility index (Phi) is 5.16. The van der Waals surface area contributed by atoms with E-state index in [0.29, 0.717) is 16.0 Å². The number of nitrogens with zero attached hydrogens (tertiary/aromatic N) is 1. The van der Waals surface area contributed by atoms with Crippen LogP contribution in [-0.4, -0.2) is 30.7 Å². The number of carbonyl (C=O) groups is 2. The molecule has 1 N–H and O–H groups in total. The highest BCUT2D eigenvalue weighted by molar-refractivity contribution is 9.10. The molecule has 1 aromatic carbocycles. The molecule has 0 unspecified atom stereocenters. The molecular formula is C14H13BrN2O5. The van der Waals surface area contributed by atoms with E-state index >= 15 is 0 Å². The molecule has 8 heteroatoms. The van der Waals surface area contributed by atoms with Crippen LogP contribution >= 0.6 is 15.9 Å².